The van der Waals surface area contributed by atoms with Crippen LogP contribution < -0.4 is 0 Å². The molecule has 1 aromatic rings. The first-order valence-corrected chi connectivity index (χ1v) is 11.7. The Morgan fingerprint density at radius 3 is 2.36 bits per heavy atom. The number of hydrogen-bond donors (Lipinski definition) is 1. The maximum atomic E-state index is 13.2. The molecule has 0 saturated heterocycles. The predicted octanol–water partition coefficient (Wildman–Crippen LogP) is 2.59. The zero-order chi connectivity index (χ0) is 20.8. The molecule has 9 heteroatoms. The van der Waals surface area contributed by atoms with Crippen LogP contribution in [-0.4, -0.2) is 68.2 Å². The predicted molar refractivity (Wildman–Crippen MR) is 110 cm³/mol. The standard InChI is InChI=1S/C19H29BrN2O5S/c1-21(13-6-14-23)18(24)15-27-19(11-4-3-5-12-19)22(2)28(25,26)17-9-7-16(20)8-10-17/h7-10,23H,3-6,11-15H2,1-2H3. The van der Waals surface area contributed by atoms with Crippen LogP contribution in [0.25, 0.3) is 0 Å². The summed E-state index contributed by atoms with van der Waals surface area (Å²) in [5, 5.41) is 8.91. The third-order valence-corrected chi connectivity index (χ3v) is 7.67. The number of benzene rings is 1. The fourth-order valence-corrected chi connectivity index (χ4v) is 5.11. The number of amides is 1. The summed E-state index contributed by atoms with van der Waals surface area (Å²) in [5.41, 5.74) is -1.03. The van der Waals surface area contributed by atoms with Crippen LogP contribution in [-0.2, 0) is 19.6 Å². The van der Waals surface area contributed by atoms with Crippen LogP contribution >= 0.6 is 15.9 Å². The average Bonchev–Trinajstić information content (AvgIpc) is 2.70. The molecule has 0 heterocycles. The Bertz CT molecular complexity index is 748. The van der Waals surface area contributed by atoms with Crippen LogP contribution in [0.4, 0.5) is 0 Å². The van der Waals surface area contributed by atoms with E-state index in [1.54, 1.807) is 31.3 Å². The molecule has 1 saturated carbocycles. The zero-order valence-electron chi connectivity index (χ0n) is 16.4. The summed E-state index contributed by atoms with van der Waals surface area (Å²) < 4.78 is 34.5. The minimum Gasteiger partial charge on any atom is -0.396 e. The molecule has 0 bridgehead atoms. The van der Waals surface area contributed by atoms with Crippen LogP contribution in [0.15, 0.2) is 33.6 Å². The van der Waals surface area contributed by atoms with E-state index >= 15 is 0 Å². The van der Waals surface area contributed by atoms with Crippen molar-refractivity contribution in [3.05, 3.63) is 28.7 Å². The Morgan fingerprint density at radius 1 is 1.18 bits per heavy atom. The van der Waals surface area contributed by atoms with Crippen LogP contribution in [0.3, 0.4) is 0 Å². The topological polar surface area (TPSA) is 87.2 Å². The maximum Gasteiger partial charge on any atom is 0.248 e. The molecular formula is C19H29BrN2O5S. The Hall–Kier alpha value is -1.00. The molecular weight excluding hydrogens is 448 g/mol. The molecule has 1 fully saturated rings. The summed E-state index contributed by atoms with van der Waals surface area (Å²) >= 11 is 3.32. The van der Waals surface area contributed by atoms with E-state index in [-0.39, 0.29) is 24.0 Å². The molecule has 2 rings (SSSR count). The Balaban J connectivity index is 2.19. The van der Waals surface area contributed by atoms with Crippen molar-refractivity contribution >= 4 is 31.9 Å². The van der Waals surface area contributed by atoms with Crippen LogP contribution in [0.5, 0.6) is 0 Å². The van der Waals surface area contributed by atoms with E-state index in [1.807, 2.05) is 0 Å². The summed E-state index contributed by atoms with van der Waals surface area (Å²) in [5.74, 6) is -0.229. The molecule has 0 unspecified atom stereocenters. The first kappa shape index (κ1) is 23.3. The van der Waals surface area contributed by atoms with Gasteiger partial charge in [-0.3, -0.25) is 4.79 Å². The maximum absolute atomic E-state index is 13.2. The SMILES string of the molecule is CN(CCCO)C(=O)COC1(N(C)S(=O)(=O)c2ccc(Br)cc2)CCCCC1. The second-order valence-electron chi connectivity index (χ2n) is 7.11. The molecule has 0 aromatic heterocycles. The molecule has 1 amide bonds. The van der Waals surface area contributed by atoms with Crippen LogP contribution in [0.1, 0.15) is 38.5 Å². The minimum atomic E-state index is -3.77. The highest BCUT2D eigenvalue weighted by Crippen LogP contribution is 2.37. The molecule has 0 radical (unpaired) electrons. The van der Waals surface area contributed by atoms with Crippen molar-refractivity contribution in [1.29, 1.82) is 0 Å². The van der Waals surface area contributed by atoms with Gasteiger partial charge in [-0.05, 0) is 56.4 Å². The molecule has 7 nitrogen and oxygen atoms in total. The lowest BCUT2D eigenvalue weighted by molar-refractivity contribution is -0.161. The zero-order valence-corrected chi connectivity index (χ0v) is 18.8. The van der Waals surface area contributed by atoms with Gasteiger partial charge in [0.25, 0.3) is 0 Å². The summed E-state index contributed by atoms with van der Waals surface area (Å²) in [6, 6.07) is 6.49. The normalized spacial score (nSPS) is 16.9. The van der Waals surface area contributed by atoms with Gasteiger partial charge in [0.05, 0.1) is 4.90 Å². The number of ether oxygens (including phenoxy) is 1. The van der Waals surface area contributed by atoms with Crippen LogP contribution in [0.2, 0.25) is 0 Å². The highest BCUT2D eigenvalue weighted by molar-refractivity contribution is 9.10. The first-order chi connectivity index (χ1) is 13.2. The van der Waals surface area contributed by atoms with E-state index in [1.165, 1.54) is 16.3 Å². The first-order valence-electron chi connectivity index (χ1n) is 9.46. The minimum absolute atomic E-state index is 0.0105. The Morgan fingerprint density at radius 2 is 1.79 bits per heavy atom. The molecule has 0 spiro atoms. The van der Waals surface area contributed by atoms with Crippen molar-refractivity contribution in [1.82, 2.24) is 9.21 Å². The Kier molecular flexibility index (Phi) is 8.44. The molecule has 1 aliphatic rings. The van der Waals surface area contributed by atoms with Gasteiger partial charge >= 0.3 is 0 Å². The quantitative estimate of drug-likeness (QED) is 0.553. The lowest BCUT2D eigenvalue weighted by atomic mass is 9.91. The number of carbonyl (C=O) groups is 1. The molecule has 1 aliphatic carbocycles. The smallest absolute Gasteiger partial charge is 0.248 e. The summed E-state index contributed by atoms with van der Waals surface area (Å²) in [7, 11) is -0.586. The molecule has 0 atom stereocenters. The van der Waals surface area contributed by atoms with Gasteiger partial charge in [-0.1, -0.05) is 22.4 Å². The molecule has 0 aliphatic heterocycles. The van der Waals surface area contributed by atoms with Gasteiger partial charge in [-0.15, -0.1) is 0 Å². The van der Waals surface area contributed by atoms with Crippen molar-refractivity contribution < 1.29 is 23.1 Å². The van der Waals surface area contributed by atoms with Gasteiger partial charge in [-0.2, -0.15) is 4.31 Å². The average molecular weight is 477 g/mol. The molecule has 158 valence electrons. The number of likely N-dealkylation sites (N-methyl/N-ethyl adjacent to an activating group) is 1. The summed E-state index contributed by atoms with van der Waals surface area (Å²) in [6.07, 6.45) is 4.29. The van der Waals surface area contributed by atoms with E-state index in [2.05, 4.69) is 15.9 Å². The van der Waals surface area contributed by atoms with Gasteiger partial charge in [0.2, 0.25) is 15.9 Å². The van der Waals surface area contributed by atoms with Crippen molar-refractivity contribution in [2.24, 2.45) is 0 Å². The fourth-order valence-electron chi connectivity index (χ4n) is 3.38. The van der Waals surface area contributed by atoms with Gasteiger partial charge < -0.3 is 14.7 Å². The number of carbonyl (C=O) groups excluding carboxylic acids is 1. The molecule has 1 N–H and O–H groups in total. The Labute approximate surface area is 175 Å². The number of halogens is 1. The number of nitrogens with zero attached hydrogens (tertiary/aromatic N) is 2. The van der Waals surface area contributed by atoms with E-state index in [4.69, 9.17) is 9.84 Å². The van der Waals surface area contributed by atoms with Crippen molar-refractivity contribution in [3.8, 4) is 0 Å². The number of rotatable bonds is 9. The second kappa shape index (κ2) is 10.2. The van der Waals surface area contributed by atoms with Crippen LogP contribution in [0, 0.1) is 0 Å². The third-order valence-electron chi connectivity index (χ3n) is 5.22. The van der Waals surface area contributed by atoms with Crippen molar-refractivity contribution in [2.75, 3.05) is 33.9 Å². The van der Waals surface area contributed by atoms with Gasteiger partial charge in [0.1, 0.15) is 12.3 Å². The third kappa shape index (κ3) is 5.54. The van der Waals surface area contributed by atoms with E-state index < -0.39 is 15.7 Å². The molecule has 1 aromatic carbocycles. The molecule has 28 heavy (non-hydrogen) atoms. The summed E-state index contributed by atoms with van der Waals surface area (Å²) in [6.45, 7) is 0.247. The fraction of sp³-hybridized carbons (Fsp3) is 0.632. The van der Waals surface area contributed by atoms with E-state index in [0.29, 0.717) is 25.8 Å². The van der Waals surface area contributed by atoms with Gasteiger partial charge in [0.15, 0.2) is 0 Å². The number of hydrogen-bond acceptors (Lipinski definition) is 5. The highest BCUT2D eigenvalue weighted by Gasteiger charge is 2.44. The van der Waals surface area contributed by atoms with Gasteiger partial charge in [-0.25, -0.2) is 8.42 Å². The largest absolute Gasteiger partial charge is 0.396 e. The highest BCUT2D eigenvalue weighted by atomic mass is 79.9. The second-order valence-corrected chi connectivity index (χ2v) is 10.00. The van der Waals surface area contributed by atoms with E-state index in [9.17, 15) is 13.2 Å². The van der Waals surface area contributed by atoms with Gasteiger partial charge in [0, 0.05) is 31.7 Å². The van der Waals surface area contributed by atoms with Crippen molar-refractivity contribution in [2.45, 2.75) is 49.1 Å². The lowest BCUT2D eigenvalue weighted by Gasteiger charge is -2.43. The van der Waals surface area contributed by atoms with E-state index in [0.717, 1.165) is 23.7 Å². The number of aliphatic hydroxyl groups is 1. The van der Waals surface area contributed by atoms with Crippen molar-refractivity contribution in [3.63, 3.8) is 0 Å². The number of aliphatic hydroxyl groups excluding tert-OH is 1. The summed E-state index contributed by atoms with van der Waals surface area (Å²) in [4.78, 5) is 14.0. The number of sulfonamides is 1. The monoisotopic (exact) mass is 476 g/mol. The lowest BCUT2D eigenvalue weighted by Crippen LogP contribution is -2.53.